The number of benzene rings is 1. The fraction of sp³-hybridized carbons (Fsp3) is 0.571. The van der Waals surface area contributed by atoms with Crippen molar-refractivity contribution < 1.29 is 14.2 Å². The van der Waals surface area contributed by atoms with Crippen LogP contribution in [0.25, 0.3) is 0 Å². The van der Waals surface area contributed by atoms with Gasteiger partial charge >= 0.3 is 0 Å². The molecule has 2 saturated heterocycles. The van der Waals surface area contributed by atoms with Crippen LogP contribution in [0.15, 0.2) is 30.3 Å². The summed E-state index contributed by atoms with van der Waals surface area (Å²) in [7, 11) is 0. The SMILES string of the molecule is CC1CCC2OC(c3ccccc3)OC[C@H]2O1. The maximum Gasteiger partial charge on any atom is 0.184 e. The van der Waals surface area contributed by atoms with E-state index in [1.165, 1.54) is 0 Å². The Kier molecular flexibility index (Phi) is 3.14. The van der Waals surface area contributed by atoms with Crippen molar-refractivity contribution in [3.8, 4) is 0 Å². The minimum Gasteiger partial charge on any atom is -0.370 e. The molecular formula is C14H18O3. The molecule has 2 aliphatic heterocycles. The van der Waals surface area contributed by atoms with Crippen LogP contribution >= 0.6 is 0 Å². The van der Waals surface area contributed by atoms with E-state index in [-0.39, 0.29) is 18.5 Å². The van der Waals surface area contributed by atoms with Crippen molar-refractivity contribution in [3.05, 3.63) is 35.9 Å². The van der Waals surface area contributed by atoms with E-state index in [1.807, 2.05) is 30.3 Å². The van der Waals surface area contributed by atoms with Gasteiger partial charge in [-0.15, -0.1) is 0 Å². The van der Waals surface area contributed by atoms with Crippen LogP contribution < -0.4 is 0 Å². The summed E-state index contributed by atoms with van der Waals surface area (Å²) in [5.74, 6) is 0. The molecule has 3 rings (SSSR count). The van der Waals surface area contributed by atoms with Gasteiger partial charge in [-0.05, 0) is 19.8 Å². The van der Waals surface area contributed by atoms with Crippen LogP contribution in [0.1, 0.15) is 31.6 Å². The first kappa shape index (κ1) is 11.2. The minimum absolute atomic E-state index is 0.110. The lowest BCUT2D eigenvalue weighted by Crippen LogP contribution is -2.47. The van der Waals surface area contributed by atoms with Crippen LogP contribution in [0.3, 0.4) is 0 Å². The summed E-state index contributed by atoms with van der Waals surface area (Å²) >= 11 is 0. The van der Waals surface area contributed by atoms with Crippen LogP contribution in [-0.2, 0) is 14.2 Å². The van der Waals surface area contributed by atoms with Crippen LogP contribution in [0.2, 0.25) is 0 Å². The molecule has 2 aliphatic rings. The lowest BCUT2D eigenvalue weighted by atomic mass is 10.0. The van der Waals surface area contributed by atoms with Gasteiger partial charge in [0, 0.05) is 5.56 Å². The van der Waals surface area contributed by atoms with Crippen LogP contribution in [0.4, 0.5) is 0 Å². The molecule has 1 aromatic carbocycles. The van der Waals surface area contributed by atoms with Gasteiger partial charge in [0.25, 0.3) is 0 Å². The third-order valence-corrected chi connectivity index (χ3v) is 3.46. The second-order valence-electron chi connectivity index (χ2n) is 4.81. The van der Waals surface area contributed by atoms with Crippen LogP contribution in [0, 0.1) is 0 Å². The quantitative estimate of drug-likeness (QED) is 0.747. The highest BCUT2D eigenvalue weighted by Crippen LogP contribution is 2.33. The molecule has 2 fully saturated rings. The van der Waals surface area contributed by atoms with Crippen molar-refractivity contribution in [3.63, 3.8) is 0 Å². The minimum atomic E-state index is -0.227. The summed E-state index contributed by atoms with van der Waals surface area (Å²) in [6.45, 7) is 2.74. The Bertz CT molecular complexity index is 365. The van der Waals surface area contributed by atoms with Gasteiger partial charge in [0.05, 0.1) is 18.8 Å². The molecule has 3 heteroatoms. The Labute approximate surface area is 102 Å². The van der Waals surface area contributed by atoms with Crippen molar-refractivity contribution >= 4 is 0 Å². The predicted octanol–water partition coefficient (Wildman–Crippen LogP) is 2.67. The van der Waals surface area contributed by atoms with Gasteiger partial charge in [-0.3, -0.25) is 0 Å². The largest absolute Gasteiger partial charge is 0.370 e. The van der Waals surface area contributed by atoms with Gasteiger partial charge in [0.1, 0.15) is 6.10 Å². The van der Waals surface area contributed by atoms with Crippen LogP contribution in [-0.4, -0.2) is 24.9 Å². The molecule has 0 spiro atoms. The lowest BCUT2D eigenvalue weighted by molar-refractivity contribution is -0.286. The molecule has 4 atom stereocenters. The van der Waals surface area contributed by atoms with Crippen molar-refractivity contribution in [2.24, 2.45) is 0 Å². The molecule has 0 N–H and O–H groups in total. The first-order valence-electron chi connectivity index (χ1n) is 6.30. The monoisotopic (exact) mass is 234 g/mol. The van der Waals surface area contributed by atoms with Crippen molar-refractivity contribution in [2.45, 2.75) is 44.4 Å². The van der Waals surface area contributed by atoms with E-state index in [4.69, 9.17) is 14.2 Å². The number of ether oxygens (including phenoxy) is 3. The Morgan fingerprint density at radius 3 is 2.65 bits per heavy atom. The lowest BCUT2D eigenvalue weighted by Gasteiger charge is -2.41. The zero-order chi connectivity index (χ0) is 11.7. The summed E-state index contributed by atoms with van der Waals surface area (Å²) in [6, 6.07) is 10.1. The fourth-order valence-corrected chi connectivity index (χ4v) is 2.51. The first-order chi connectivity index (χ1) is 8.33. The second-order valence-corrected chi connectivity index (χ2v) is 4.81. The molecule has 2 heterocycles. The molecule has 17 heavy (non-hydrogen) atoms. The molecule has 1 aromatic rings. The summed E-state index contributed by atoms with van der Waals surface area (Å²) in [4.78, 5) is 0. The van der Waals surface area contributed by atoms with E-state index in [0.29, 0.717) is 12.7 Å². The molecule has 0 amide bonds. The van der Waals surface area contributed by atoms with Crippen LogP contribution in [0.5, 0.6) is 0 Å². The first-order valence-corrected chi connectivity index (χ1v) is 6.30. The third kappa shape index (κ3) is 2.37. The molecule has 0 aliphatic carbocycles. The standard InChI is InChI=1S/C14H18O3/c1-10-7-8-12-13(16-10)9-15-14(17-12)11-5-3-2-4-6-11/h2-6,10,12-14H,7-9H2,1H3/t10?,12?,13-,14?/m1/s1. The average molecular weight is 234 g/mol. The van der Waals surface area contributed by atoms with E-state index in [0.717, 1.165) is 18.4 Å². The van der Waals surface area contributed by atoms with E-state index in [2.05, 4.69) is 6.92 Å². The summed E-state index contributed by atoms with van der Waals surface area (Å²) in [5.41, 5.74) is 1.09. The molecule has 0 radical (unpaired) electrons. The molecule has 0 saturated carbocycles. The van der Waals surface area contributed by atoms with E-state index >= 15 is 0 Å². The summed E-state index contributed by atoms with van der Waals surface area (Å²) in [6.07, 6.45) is 2.54. The van der Waals surface area contributed by atoms with E-state index in [1.54, 1.807) is 0 Å². The van der Waals surface area contributed by atoms with Gasteiger partial charge in [-0.1, -0.05) is 30.3 Å². The highest BCUT2D eigenvalue weighted by Gasteiger charge is 2.37. The number of rotatable bonds is 1. The van der Waals surface area contributed by atoms with Crippen molar-refractivity contribution in [2.75, 3.05) is 6.61 Å². The third-order valence-electron chi connectivity index (χ3n) is 3.46. The summed E-state index contributed by atoms with van der Waals surface area (Å²) < 4.78 is 17.5. The Morgan fingerprint density at radius 1 is 1.00 bits per heavy atom. The number of hydrogen-bond donors (Lipinski definition) is 0. The van der Waals surface area contributed by atoms with E-state index in [9.17, 15) is 0 Å². The van der Waals surface area contributed by atoms with Gasteiger partial charge in [-0.2, -0.15) is 0 Å². The highest BCUT2D eigenvalue weighted by atomic mass is 16.7. The van der Waals surface area contributed by atoms with Gasteiger partial charge in [-0.25, -0.2) is 0 Å². The molecular weight excluding hydrogens is 216 g/mol. The molecule has 3 unspecified atom stereocenters. The van der Waals surface area contributed by atoms with Crippen molar-refractivity contribution in [1.82, 2.24) is 0 Å². The van der Waals surface area contributed by atoms with Gasteiger partial charge in [0.2, 0.25) is 0 Å². The fourth-order valence-electron chi connectivity index (χ4n) is 2.51. The van der Waals surface area contributed by atoms with E-state index < -0.39 is 0 Å². The highest BCUT2D eigenvalue weighted by molar-refractivity contribution is 5.16. The molecule has 0 bridgehead atoms. The zero-order valence-electron chi connectivity index (χ0n) is 10.0. The zero-order valence-corrected chi connectivity index (χ0v) is 10.0. The number of fused-ring (bicyclic) bond motifs is 1. The van der Waals surface area contributed by atoms with Gasteiger partial charge in [0.15, 0.2) is 6.29 Å². The maximum atomic E-state index is 5.98. The number of hydrogen-bond acceptors (Lipinski definition) is 3. The Morgan fingerprint density at radius 2 is 1.82 bits per heavy atom. The second kappa shape index (κ2) is 4.77. The molecule has 3 nitrogen and oxygen atoms in total. The Balaban J connectivity index is 1.68. The summed E-state index contributed by atoms with van der Waals surface area (Å²) in [5, 5.41) is 0. The predicted molar refractivity (Wildman–Crippen MR) is 63.6 cm³/mol. The molecule has 92 valence electrons. The van der Waals surface area contributed by atoms with Crippen molar-refractivity contribution in [1.29, 1.82) is 0 Å². The normalized spacial score (nSPS) is 37.5. The molecule has 0 aromatic heterocycles. The topological polar surface area (TPSA) is 27.7 Å². The Hall–Kier alpha value is -0.900. The van der Waals surface area contributed by atoms with Gasteiger partial charge < -0.3 is 14.2 Å². The smallest absolute Gasteiger partial charge is 0.184 e. The maximum absolute atomic E-state index is 5.98. The average Bonchev–Trinajstić information content (AvgIpc) is 2.39.